The van der Waals surface area contributed by atoms with Gasteiger partial charge in [0, 0.05) is 30.9 Å². The number of carbonyl (C=O) groups excluding carboxylic acids is 4. The van der Waals surface area contributed by atoms with Crippen molar-refractivity contribution in [1.29, 1.82) is 0 Å². The van der Waals surface area contributed by atoms with Gasteiger partial charge in [0.1, 0.15) is 5.41 Å². The van der Waals surface area contributed by atoms with Crippen molar-refractivity contribution >= 4 is 29.3 Å². The minimum absolute atomic E-state index is 0.0267. The quantitative estimate of drug-likeness (QED) is 0.151. The Bertz CT molecular complexity index is 906. The second-order valence-corrected chi connectivity index (χ2v) is 8.85. The molecule has 0 bridgehead atoms. The lowest BCUT2D eigenvalue weighted by molar-refractivity contribution is -0.150. The molecule has 0 spiro atoms. The van der Waals surface area contributed by atoms with Gasteiger partial charge < -0.3 is 21.1 Å². The molecule has 3 rings (SSSR count). The number of rotatable bonds is 13. The molecule has 1 fully saturated rings. The first-order valence-electron chi connectivity index (χ1n) is 12.0. The fourth-order valence-electron chi connectivity index (χ4n) is 4.13. The Morgan fingerprint density at radius 2 is 1.71 bits per heavy atom. The summed E-state index contributed by atoms with van der Waals surface area (Å²) in [4.78, 5) is 50.3. The fourth-order valence-corrected chi connectivity index (χ4v) is 4.13. The monoisotopic (exact) mass is 470 g/mol. The van der Waals surface area contributed by atoms with Crippen LogP contribution in [0.4, 0.5) is 5.69 Å². The van der Waals surface area contributed by atoms with Crippen molar-refractivity contribution in [3.8, 4) is 0 Å². The molecule has 1 saturated carbocycles. The smallest absolute Gasteiger partial charge is 0.253 e. The molecule has 1 atom stereocenters. The number of hydrogen-bond acceptors (Lipinski definition) is 6. The molecule has 4 N–H and O–H groups in total. The minimum Gasteiger partial charge on any atom is -0.392 e. The number of carbonyl (C=O) groups is 4. The van der Waals surface area contributed by atoms with Gasteiger partial charge in [-0.1, -0.05) is 25.5 Å². The summed E-state index contributed by atoms with van der Waals surface area (Å²) in [7, 11) is 0. The van der Waals surface area contributed by atoms with Crippen LogP contribution in [0.25, 0.3) is 0 Å². The van der Waals surface area contributed by atoms with E-state index < -0.39 is 5.41 Å². The Balaban J connectivity index is 1.42. The van der Waals surface area contributed by atoms with Gasteiger partial charge in [-0.15, -0.1) is 0 Å². The van der Waals surface area contributed by atoms with Crippen molar-refractivity contribution in [2.75, 3.05) is 18.4 Å². The molecule has 1 aromatic rings. The topological polar surface area (TPSA) is 128 Å². The standard InChI is InChI=1S/C25H34N4O5/c1-2-20(27-19-9-7-18(17-30)8-10-19)28-24(34)25(13-6-14-25)23(33)26-15-4-3-5-16-29-21(31)11-12-22(29)32/h7-12,20,27,30H,2-6,13-17H2,1H3,(H,26,33)(H,28,34). The number of hydrogen-bond donors (Lipinski definition) is 4. The van der Waals surface area contributed by atoms with Crippen LogP contribution in [-0.2, 0) is 25.8 Å². The summed E-state index contributed by atoms with van der Waals surface area (Å²) >= 11 is 0. The summed E-state index contributed by atoms with van der Waals surface area (Å²) in [6.07, 6.45) is 6.89. The normalized spacial score (nSPS) is 17.3. The van der Waals surface area contributed by atoms with Gasteiger partial charge in [-0.05, 0) is 56.2 Å². The van der Waals surface area contributed by atoms with Gasteiger partial charge in [0.05, 0.1) is 12.8 Å². The molecule has 0 saturated heterocycles. The Morgan fingerprint density at radius 3 is 2.26 bits per heavy atom. The molecule has 2 aliphatic rings. The number of benzene rings is 1. The number of unbranched alkanes of at least 4 members (excludes halogenated alkanes) is 2. The van der Waals surface area contributed by atoms with Gasteiger partial charge in [-0.25, -0.2) is 0 Å². The maximum atomic E-state index is 13.1. The highest BCUT2D eigenvalue weighted by Gasteiger charge is 2.50. The van der Waals surface area contributed by atoms with Gasteiger partial charge in [0.2, 0.25) is 11.8 Å². The molecular weight excluding hydrogens is 436 g/mol. The van der Waals surface area contributed by atoms with Crippen molar-refractivity contribution in [3.05, 3.63) is 42.0 Å². The third-order valence-corrected chi connectivity index (χ3v) is 6.51. The molecule has 1 aliphatic heterocycles. The zero-order chi connectivity index (χ0) is 24.6. The number of aliphatic hydroxyl groups excluding tert-OH is 1. The van der Waals surface area contributed by atoms with Crippen LogP contribution >= 0.6 is 0 Å². The van der Waals surface area contributed by atoms with E-state index in [-0.39, 0.29) is 36.4 Å². The Labute approximate surface area is 200 Å². The molecule has 9 nitrogen and oxygen atoms in total. The van der Waals surface area contributed by atoms with Crippen molar-refractivity contribution in [2.45, 2.75) is 64.6 Å². The van der Waals surface area contributed by atoms with E-state index in [1.165, 1.54) is 17.1 Å². The molecule has 34 heavy (non-hydrogen) atoms. The summed E-state index contributed by atoms with van der Waals surface area (Å²) in [5, 5.41) is 18.3. The summed E-state index contributed by atoms with van der Waals surface area (Å²) in [5.74, 6) is -1.06. The van der Waals surface area contributed by atoms with Crippen molar-refractivity contribution in [3.63, 3.8) is 0 Å². The number of nitrogens with one attached hydrogen (secondary N) is 3. The van der Waals surface area contributed by atoms with Crippen LogP contribution in [0.15, 0.2) is 36.4 Å². The largest absolute Gasteiger partial charge is 0.392 e. The number of anilines is 1. The average molecular weight is 471 g/mol. The average Bonchev–Trinajstić information content (AvgIpc) is 3.12. The Morgan fingerprint density at radius 1 is 1.03 bits per heavy atom. The third-order valence-electron chi connectivity index (χ3n) is 6.51. The SMILES string of the molecule is CCC(NC(=O)C1(C(=O)NCCCCCN2C(=O)C=CC2=O)CCC1)Nc1ccc(CO)cc1. The maximum absolute atomic E-state index is 13.1. The van der Waals surface area contributed by atoms with Crippen LogP contribution in [0.1, 0.15) is 57.4 Å². The fraction of sp³-hybridized carbons (Fsp3) is 0.520. The zero-order valence-electron chi connectivity index (χ0n) is 19.6. The summed E-state index contributed by atoms with van der Waals surface area (Å²) in [5.41, 5.74) is 0.600. The first kappa shape index (κ1) is 25.4. The van der Waals surface area contributed by atoms with E-state index in [0.29, 0.717) is 45.2 Å². The van der Waals surface area contributed by atoms with Crippen LogP contribution in [0.5, 0.6) is 0 Å². The van der Waals surface area contributed by atoms with Crippen molar-refractivity contribution in [2.24, 2.45) is 5.41 Å². The second kappa shape index (κ2) is 11.8. The van der Waals surface area contributed by atoms with Crippen LogP contribution in [0.3, 0.4) is 0 Å². The van der Waals surface area contributed by atoms with Gasteiger partial charge in [0.25, 0.3) is 11.8 Å². The first-order chi connectivity index (χ1) is 16.4. The highest BCUT2D eigenvalue weighted by Crippen LogP contribution is 2.41. The van der Waals surface area contributed by atoms with E-state index in [1.807, 2.05) is 31.2 Å². The predicted octanol–water partition coefficient (Wildman–Crippen LogP) is 1.82. The molecule has 0 radical (unpaired) electrons. The maximum Gasteiger partial charge on any atom is 0.253 e. The second-order valence-electron chi connectivity index (χ2n) is 8.85. The van der Waals surface area contributed by atoms with Gasteiger partial charge >= 0.3 is 0 Å². The molecular formula is C25H34N4O5. The van der Waals surface area contributed by atoms with Crippen molar-refractivity contribution < 1.29 is 24.3 Å². The molecule has 1 heterocycles. The Hall–Kier alpha value is -3.20. The van der Waals surface area contributed by atoms with Gasteiger partial charge in [-0.3, -0.25) is 24.1 Å². The highest BCUT2D eigenvalue weighted by atomic mass is 16.3. The predicted molar refractivity (Wildman–Crippen MR) is 127 cm³/mol. The minimum atomic E-state index is -1.03. The van der Waals surface area contributed by atoms with E-state index in [4.69, 9.17) is 0 Å². The lowest BCUT2D eigenvalue weighted by Gasteiger charge is -2.39. The van der Waals surface area contributed by atoms with Crippen LogP contribution in [0, 0.1) is 5.41 Å². The van der Waals surface area contributed by atoms with Crippen LogP contribution in [-0.4, -0.2) is 52.9 Å². The molecule has 184 valence electrons. The summed E-state index contributed by atoms with van der Waals surface area (Å²) < 4.78 is 0. The van der Waals surface area contributed by atoms with E-state index in [0.717, 1.165) is 24.1 Å². The summed E-state index contributed by atoms with van der Waals surface area (Å²) in [6, 6.07) is 7.32. The number of amides is 4. The van der Waals surface area contributed by atoms with E-state index in [1.54, 1.807) is 0 Å². The lowest BCUT2D eigenvalue weighted by atomic mass is 9.67. The van der Waals surface area contributed by atoms with Crippen molar-refractivity contribution in [1.82, 2.24) is 15.5 Å². The zero-order valence-corrected chi connectivity index (χ0v) is 19.6. The van der Waals surface area contributed by atoms with Gasteiger partial charge in [-0.2, -0.15) is 0 Å². The molecule has 9 heteroatoms. The number of imide groups is 1. The summed E-state index contributed by atoms with van der Waals surface area (Å²) in [6.45, 7) is 2.74. The first-order valence-corrected chi connectivity index (χ1v) is 12.0. The number of nitrogens with zero attached hydrogens (tertiary/aromatic N) is 1. The Kier molecular flexibility index (Phi) is 8.81. The highest BCUT2D eigenvalue weighted by molar-refractivity contribution is 6.12. The molecule has 4 amide bonds. The van der Waals surface area contributed by atoms with E-state index in [2.05, 4.69) is 16.0 Å². The molecule has 1 aromatic carbocycles. The van der Waals surface area contributed by atoms with Gasteiger partial charge in [0.15, 0.2) is 0 Å². The molecule has 1 unspecified atom stereocenters. The number of aliphatic hydroxyl groups is 1. The van der Waals surface area contributed by atoms with Crippen LogP contribution in [0.2, 0.25) is 0 Å². The molecule has 1 aliphatic carbocycles. The van der Waals surface area contributed by atoms with E-state index in [9.17, 15) is 24.3 Å². The third kappa shape index (κ3) is 6.02. The van der Waals surface area contributed by atoms with E-state index >= 15 is 0 Å². The lowest BCUT2D eigenvalue weighted by Crippen LogP contribution is -2.58. The van der Waals surface area contributed by atoms with Crippen LogP contribution < -0.4 is 16.0 Å². The molecule has 0 aromatic heterocycles.